The maximum absolute atomic E-state index is 5.98. The van der Waals surface area contributed by atoms with E-state index in [1.165, 1.54) is 0 Å². The summed E-state index contributed by atoms with van der Waals surface area (Å²) in [7, 11) is 0. The number of nitrogens with one attached hydrogen (secondary N) is 1. The summed E-state index contributed by atoms with van der Waals surface area (Å²) in [6, 6.07) is 4.05. The van der Waals surface area contributed by atoms with Crippen molar-refractivity contribution in [1.29, 1.82) is 0 Å². The van der Waals surface area contributed by atoms with E-state index >= 15 is 0 Å². The second-order valence-corrected chi connectivity index (χ2v) is 6.85. The Balaban J connectivity index is 2.28. The van der Waals surface area contributed by atoms with E-state index in [2.05, 4.69) is 36.1 Å². The zero-order valence-corrected chi connectivity index (χ0v) is 13.6. The van der Waals surface area contributed by atoms with Gasteiger partial charge in [-0.2, -0.15) is 0 Å². The molecule has 0 fully saturated rings. The van der Waals surface area contributed by atoms with Crippen molar-refractivity contribution in [3.05, 3.63) is 32.7 Å². The van der Waals surface area contributed by atoms with E-state index in [1.54, 1.807) is 11.3 Å². The summed E-state index contributed by atoms with van der Waals surface area (Å²) in [4.78, 5) is 10.1. The van der Waals surface area contributed by atoms with Crippen molar-refractivity contribution in [2.75, 3.05) is 11.1 Å². The average Bonchev–Trinajstić information content (AvgIpc) is 2.81. The van der Waals surface area contributed by atoms with Crippen LogP contribution in [-0.4, -0.2) is 9.97 Å². The highest BCUT2D eigenvalue weighted by molar-refractivity contribution is 7.16. The number of anilines is 2. The van der Waals surface area contributed by atoms with Gasteiger partial charge in [-0.1, -0.05) is 25.4 Å². The van der Waals surface area contributed by atoms with Gasteiger partial charge in [-0.25, -0.2) is 9.97 Å². The van der Waals surface area contributed by atoms with Gasteiger partial charge in [-0.15, -0.1) is 11.3 Å². The molecule has 2 aromatic rings. The normalized spacial score (nSPS) is 12.7. The van der Waals surface area contributed by atoms with Crippen LogP contribution in [0.5, 0.6) is 0 Å². The van der Waals surface area contributed by atoms with E-state index < -0.39 is 0 Å². The summed E-state index contributed by atoms with van der Waals surface area (Å²) in [5, 5.41) is 3.40. The standard InChI is InChI=1S/C14H19ClN4S/c1-7(2)13-18-12(16)8(3)14(19-13)17-9(4)10-5-6-11(15)20-10/h5-7,9H,1-4H3,(H3,16,17,18,19). The molecule has 2 heterocycles. The molecule has 0 bridgehead atoms. The van der Waals surface area contributed by atoms with Gasteiger partial charge in [0.2, 0.25) is 0 Å². The molecule has 4 nitrogen and oxygen atoms in total. The van der Waals surface area contributed by atoms with Gasteiger partial charge in [0.05, 0.1) is 10.4 Å². The van der Waals surface area contributed by atoms with E-state index in [1.807, 2.05) is 19.1 Å². The Kier molecular flexibility index (Phi) is 4.50. The van der Waals surface area contributed by atoms with Crippen LogP contribution in [0.15, 0.2) is 12.1 Å². The van der Waals surface area contributed by atoms with Crippen molar-refractivity contribution in [3.8, 4) is 0 Å². The minimum Gasteiger partial charge on any atom is -0.383 e. The highest BCUT2D eigenvalue weighted by Crippen LogP contribution is 2.30. The van der Waals surface area contributed by atoms with Gasteiger partial charge in [-0.3, -0.25) is 0 Å². The van der Waals surface area contributed by atoms with Crippen LogP contribution < -0.4 is 11.1 Å². The maximum atomic E-state index is 5.98. The molecule has 1 unspecified atom stereocenters. The smallest absolute Gasteiger partial charge is 0.135 e. The van der Waals surface area contributed by atoms with Crippen molar-refractivity contribution < 1.29 is 0 Å². The number of rotatable bonds is 4. The molecule has 0 saturated heterocycles. The highest BCUT2D eigenvalue weighted by Gasteiger charge is 2.14. The Bertz CT molecular complexity index is 609. The molecule has 3 N–H and O–H groups in total. The van der Waals surface area contributed by atoms with Crippen LogP contribution >= 0.6 is 22.9 Å². The first kappa shape index (κ1) is 15.1. The molecule has 0 aliphatic rings. The highest BCUT2D eigenvalue weighted by atomic mass is 35.5. The third-order valence-electron chi connectivity index (χ3n) is 3.09. The molecule has 0 aromatic carbocycles. The van der Waals surface area contributed by atoms with Gasteiger partial charge in [-0.05, 0) is 26.0 Å². The Labute approximate surface area is 128 Å². The Morgan fingerprint density at radius 3 is 2.50 bits per heavy atom. The molecule has 0 amide bonds. The molecule has 20 heavy (non-hydrogen) atoms. The molecule has 0 saturated carbocycles. The van der Waals surface area contributed by atoms with Crippen molar-refractivity contribution in [3.63, 3.8) is 0 Å². The lowest BCUT2D eigenvalue weighted by molar-refractivity contribution is 0.769. The third-order valence-corrected chi connectivity index (χ3v) is 4.51. The Morgan fingerprint density at radius 2 is 1.95 bits per heavy atom. The average molecular weight is 311 g/mol. The molecule has 2 rings (SSSR count). The minimum absolute atomic E-state index is 0.125. The Hall–Kier alpha value is -1.33. The second kappa shape index (κ2) is 5.97. The van der Waals surface area contributed by atoms with Crippen molar-refractivity contribution in [2.45, 2.75) is 39.7 Å². The predicted octanol–water partition coefficient (Wildman–Crippen LogP) is 4.38. The molecule has 0 aliphatic carbocycles. The zero-order valence-electron chi connectivity index (χ0n) is 12.1. The lowest BCUT2D eigenvalue weighted by atomic mass is 10.2. The van der Waals surface area contributed by atoms with Gasteiger partial charge in [0.25, 0.3) is 0 Å². The fourth-order valence-electron chi connectivity index (χ4n) is 1.79. The molecule has 6 heteroatoms. The van der Waals surface area contributed by atoms with E-state index in [9.17, 15) is 0 Å². The van der Waals surface area contributed by atoms with Gasteiger partial charge in [0.15, 0.2) is 0 Å². The molecule has 108 valence electrons. The molecule has 1 atom stereocenters. The fraction of sp³-hybridized carbons (Fsp3) is 0.429. The second-order valence-electron chi connectivity index (χ2n) is 5.10. The molecular weight excluding hydrogens is 292 g/mol. The summed E-state index contributed by atoms with van der Waals surface area (Å²) in [5.74, 6) is 2.32. The van der Waals surface area contributed by atoms with Gasteiger partial charge in [0, 0.05) is 16.4 Å². The number of nitrogens with two attached hydrogens (primary N) is 1. The van der Waals surface area contributed by atoms with Crippen molar-refractivity contribution in [1.82, 2.24) is 9.97 Å². The quantitative estimate of drug-likeness (QED) is 0.879. The molecular formula is C14H19ClN4S. The lowest BCUT2D eigenvalue weighted by Crippen LogP contribution is -2.12. The number of thiophene rings is 1. The topological polar surface area (TPSA) is 63.8 Å². The maximum Gasteiger partial charge on any atom is 0.135 e. The molecule has 0 radical (unpaired) electrons. The van der Waals surface area contributed by atoms with Gasteiger partial charge < -0.3 is 11.1 Å². The number of hydrogen-bond donors (Lipinski definition) is 2. The van der Waals surface area contributed by atoms with E-state index in [0.29, 0.717) is 5.82 Å². The first-order valence-electron chi connectivity index (χ1n) is 6.54. The monoisotopic (exact) mass is 310 g/mol. The van der Waals surface area contributed by atoms with Crippen LogP contribution in [0.25, 0.3) is 0 Å². The summed E-state index contributed by atoms with van der Waals surface area (Å²) in [6.45, 7) is 8.11. The van der Waals surface area contributed by atoms with E-state index in [0.717, 1.165) is 26.4 Å². The van der Waals surface area contributed by atoms with Gasteiger partial charge in [0.1, 0.15) is 17.5 Å². The minimum atomic E-state index is 0.125. The largest absolute Gasteiger partial charge is 0.383 e. The van der Waals surface area contributed by atoms with Gasteiger partial charge >= 0.3 is 0 Å². The SMILES string of the molecule is Cc1c(N)nc(C(C)C)nc1NC(C)c1ccc(Cl)s1. The molecule has 0 spiro atoms. The number of nitrogens with zero attached hydrogens (tertiary/aromatic N) is 2. The summed E-state index contributed by atoms with van der Waals surface area (Å²) in [5.41, 5.74) is 6.85. The predicted molar refractivity (Wildman–Crippen MR) is 86.6 cm³/mol. The lowest BCUT2D eigenvalue weighted by Gasteiger charge is -2.17. The summed E-state index contributed by atoms with van der Waals surface area (Å²) in [6.07, 6.45) is 0. The fourth-order valence-corrected chi connectivity index (χ4v) is 2.85. The summed E-state index contributed by atoms with van der Waals surface area (Å²) < 4.78 is 0.787. The number of hydrogen-bond acceptors (Lipinski definition) is 5. The van der Waals surface area contributed by atoms with Crippen LogP contribution in [0, 0.1) is 6.92 Å². The number of halogens is 1. The van der Waals surface area contributed by atoms with Crippen LogP contribution in [0.2, 0.25) is 4.34 Å². The molecule has 2 aromatic heterocycles. The zero-order chi connectivity index (χ0) is 14.9. The van der Waals surface area contributed by atoms with E-state index in [4.69, 9.17) is 17.3 Å². The summed E-state index contributed by atoms with van der Waals surface area (Å²) >= 11 is 7.54. The van der Waals surface area contributed by atoms with Crippen LogP contribution in [0.4, 0.5) is 11.6 Å². The third kappa shape index (κ3) is 3.22. The first-order valence-corrected chi connectivity index (χ1v) is 7.73. The van der Waals surface area contributed by atoms with E-state index in [-0.39, 0.29) is 12.0 Å². The van der Waals surface area contributed by atoms with Crippen LogP contribution in [-0.2, 0) is 0 Å². The Morgan fingerprint density at radius 1 is 1.25 bits per heavy atom. The first-order chi connectivity index (χ1) is 9.38. The van der Waals surface area contributed by atoms with Crippen LogP contribution in [0.1, 0.15) is 49.0 Å². The van der Waals surface area contributed by atoms with Crippen LogP contribution in [0.3, 0.4) is 0 Å². The molecule has 0 aliphatic heterocycles. The van der Waals surface area contributed by atoms with Crippen molar-refractivity contribution >= 4 is 34.6 Å². The van der Waals surface area contributed by atoms with Crippen molar-refractivity contribution in [2.24, 2.45) is 0 Å². The number of aromatic nitrogens is 2. The number of nitrogen functional groups attached to an aromatic ring is 1.